The van der Waals surface area contributed by atoms with Crippen molar-refractivity contribution in [2.24, 2.45) is 0 Å². The lowest BCUT2D eigenvalue weighted by Gasteiger charge is -1.94. The first-order valence-electron chi connectivity index (χ1n) is 2.80. The molecule has 0 aliphatic carbocycles. The SMILES string of the molecule is [O]c1ccc(NC=O)cc1. The molecule has 1 aromatic carbocycles. The van der Waals surface area contributed by atoms with E-state index in [2.05, 4.69) is 5.32 Å². The summed E-state index contributed by atoms with van der Waals surface area (Å²) < 4.78 is 0. The number of nitrogens with one attached hydrogen (secondary N) is 1. The average Bonchev–Trinajstić information content (AvgIpc) is 1.95. The predicted molar refractivity (Wildman–Crippen MR) is 36.3 cm³/mol. The standard InChI is InChI=1S/C7H6NO2/c9-5-8-6-1-3-7(10)4-2-6/h1-5H,(H,8,9). The monoisotopic (exact) mass is 136 g/mol. The van der Waals surface area contributed by atoms with Gasteiger partial charge in [-0.3, -0.25) is 9.90 Å². The van der Waals surface area contributed by atoms with Crippen LogP contribution in [-0.4, -0.2) is 6.41 Å². The zero-order chi connectivity index (χ0) is 7.40. The zero-order valence-electron chi connectivity index (χ0n) is 5.20. The molecule has 0 atom stereocenters. The summed E-state index contributed by atoms with van der Waals surface area (Å²) in [5.41, 5.74) is 0.634. The van der Waals surface area contributed by atoms with Gasteiger partial charge in [-0.2, -0.15) is 0 Å². The van der Waals surface area contributed by atoms with Crippen molar-refractivity contribution in [2.75, 3.05) is 5.32 Å². The van der Waals surface area contributed by atoms with E-state index in [1.54, 1.807) is 12.1 Å². The second-order valence-corrected chi connectivity index (χ2v) is 1.79. The van der Waals surface area contributed by atoms with E-state index in [1.807, 2.05) is 0 Å². The van der Waals surface area contributed by atoms with Crippen LogP contribution in [0.5, 0.6) is 5.75 Å². The number of hydrogen-bond donors (Lipinski definition) is 1. The van der Waals surface area contributed by atoms with Crippen molar-refractivity contribution in [3.63, 3.8) is 0 Å². The van der Waals surface area contributed by atoms with Crippen LogP contribution in [-0.2, 0) is 9.90 Å². The third-order valence-corrected chi connectivity index (χ3v) is 1.08. The summed E-state index contributed by atoms with van der Waals surface area (Å²) in [5.74, 6) is -0.0588. The second-order valence-electron chi connectivity index (χ2n) is 1.79. The van der Waals surface area contributed by atoms with Crippen LogP contribution >= 0.6 is 0 Å². The van der Waals surface area contributed by atoms with Crippen LogP contribution in [0.2, 0.25) is 0 Å². The topological polar surface area (TPSA) is 49.0 Å². The first-order valence-corrected chi connectivity index (χ1v) is 2.80. The lowest BCUT2D eigenvalue weighted by Crippen LogP contribution is -1.91. The van der Waals surface area contributed by atoms with Gasteiger partial charge in [0.2, 0.25) is 6.41 Å². The van der Waals surface area contributed by atoms with Gasteiger partial charge in [-0.1, -0.05) is 0 Å². The van der Waals surface area contributed by atoms with Gasteiger partial charge >= 0.3 is 0 Å². The molecular weight excluding hydrogens is 130 g/mol. The third-order valence-electron chi connectivity index (χ3n) is 1.08. The highest BCUT2D eigenvalue weighted by molar-refractivity contribution is 5.71. The molecule has 0 fully saturated rings. The second kappa shape index (κ2) is 2.87. The van der Waals surface area contributed by atoms with Crippen molar-refractivity contribution in [1.29, 1.82) is 0 Å². The van der Waals surface area contributed by atoms with Gasteiger partial charge < -0.3 is 5.32 Å². The molecule has 1 rings (SSSR count). The summed E-state index contributed by atoms with van der Waals surface area (Å²) in [6, 6.07) is 5.89. The zero-order valence-corrected chi connectivity index (χ0v) is 5.20. The van der Waals surface area contributed by atoms with Gasteiger partial charge in [-0.05, 0) is 24.3 Å². The van der Waals surface area contributed by atoms with Gasteiger partial charge in [-0.25, -0.2) is 0 Å². The molecule has 51 valence electrons. The predicted octanol–water partition coefficient (Wildman–Crippen LogP) is 1.40. The van der Waals surface area contributed by atoms with Crippen LogP contribution in [0.3, 0.4) is 0 Å². The van der Waals surface area contributed by atoms with Gasteiger partial charge in [0.25, 0.3) is 0 Å². The minimum atomic E-state index is -0.0588. The van der Waals surface area contributed by atoms with E-state index >= 15 is 0 Å². The van der Waals surface area contributed by atoms with Gasteiger partial charge in [-0.15, -0.1) is 0 Å². The number of benzene rings is 1. The minimum Gasteiger partial charge on any atom is -0.329 e. The van der Waals surface area contributed by atoms with E-state index in [9.17, 15) is 9.90 Å². The van der Waals surface area contributed by atoms with Gasteiger partial charge in [0.15, 0.2) is 5.75 Å². The summed E-state index contributed by atoms with van der Waals surface area (Å²) >= 11 is 0. The molecule has 10 heavy (non-hydrogen) atoms. The Morgan fingerprint density at radius 2 is 1.80 bits per heavy atom. The molecule has 0 bridgehead atoms. The fraction of sp³-hybridized carbons (Fsp3) is 0. The number of hydrogen-bond acceptors (Lipinski definition) is 1. The Kier molecular flexibility index (Phi) is 1.89. The number of amides is 1. The molecule has 0 aromatic heterocycles. The maximum Gasteiger partial charge on any atom is 0.211 e. The first-order chi connectivity index (χ1) is 4.83. The normalized spacial score (nSPS) is 8.80. The van der Waals surface area contributed by atoms with E-state index in [-0.39, 0.29) is 5.75 Å². The Labute approximate surface area is 58.3 Å². The maximum atomic E-state index is 10.5. The molecule has 0 unspecified atom stereocenters. The van der Waals surface area contributed by atoms with Crippen molar-refractivity contribution in [3.05, 3.63) is 24.3 Å². The molecule has 0 aliphatic heterocycles. The molecular formula is C7H6NO2. The quantitative estimate of drug-likeness (QED) is 0.614. The molecule has 1 amide bonds. The summed E-state index contributed by atoms with van der Waals surface area (Å²) in [6.45, 7) is 0. The summed E-state index contributed by atoms with van der Waals surface area (Å²) in [6.07, 6.45) is 0.569. The highest BCUT2D eigenvalue weighted by Gasteiger charge is 1.89. The fourth-order valence-electron chi connectivity index (χ4n) is 0.619. The van der Waals surface area contributed by atoms with Crippen molar-refractivity contribution in [1.82, 2.24) is 0 Å². The van der Waals surface area contributed by atoms with E-state index in [0.717, 1.165) is 0 Å². The number of rotatable bonds is 2. The largest absolute Gasteiger partial charge is 0.329 e. The van der Waals surface area contributed by atoms with Gasteiger partial charge in [0, 0.05) is 5.69 Å². The molecule has 3 heteroatoms. The molecule has 1 N–H and O–H groups in total. The summed E-state index contributed by atoms with van der Waals surface area (Å²) in [5, 5.41) is 12.9. The maximum absolute atomic E-state index is 10.5. The Hall–Kier alpha value is -1.51. The van der Waals surface area contributed by atoms with Crippen LogP contribution in [0, 0.1) is 0 Å². The summed E-state index contributed by atoms with van der Waals surface area (Å²) in [4.78, 5) is 9.87. The Balaban J connectivity index is 2.78. The van der Waals surface area contributed by atoms with Crippen LogP contribution < -0.4 is 5.32 Å². The molecule has 1 aromatic rings. The highest BCUT2D eigenvalue weighted by Crippen LogP contribution is 2.13. The number of anilines is 1. The molecule has 0 spiro atoms. The van der Waals surface area contributed by atoms with Gasteiger partial charge in [0.05, 0.1) is 0 Å². The van der Waals surface area contributed by atoms with Crippen molar-refractivity contribution >= 4 is 12.1 Å². The highest BCUT2D eigenvalue weighted by atomic mass is 16.3. The molecule has 0 saturated carbocycles. The third kappa shape index (κ3) is 1.48. The molecule has 0 saturated heterocycles. The number of carbonyl (C=O) groups excluding carboxylic acids is 1. The van der Waals surface area contributed by atoms with E-state index in [1.165, 1.54) is 12.1 Å². The summed E-state index contributed by atoms with van der Waals surface area (Å²) in [7, 11) is 0. The van der Waals surface area contributed by atoms with Crippen molar-refractivity contribution in [2.45, 2.75) is 0 Å². The Bertz CT molecular complexity index is 218. The average molecular weight is 136 g/mol. The van der Waals surface area contributed by atoms with Gasteiger partial charge in [0.1, 0.15) is 0 Å². The lowest BCUT2D eigenvalue weighted by atomic mass is 10.3. The lowest BCUT2D eigenvalue weighted by molar-refractivity contribution is -0.105. The minimum absolute atomic E-state index is 0.0588. The number of carbonyl (C=O) groups is 1. The molecule has 3 nitrogen and oxygen atoms in total. The van der Waals surface area contributed by atoms with E-state index in [4.69, 9.17) is 0 Å². The fourth-order valence-corrected chi connectivity index (χ4v) is 0.619. The van der Waals surface area contributed by atoms with Crippen LogP contribution in [0.15, 0.2) is 24.3 Å². The molecule has 0 heterocycles. The Morgan fingerprint density at radius 1 is 1.20 bits per heavy atom. The van der Waals surface area contributed by atoms with Crippen LogP contribution in [0.25, 0.3) is 0 Å². The Morgan fingerprint density at radius 3 is 2.30 bits per heavy atom. The molecule has 1 radical (unpaired) electrons. The smallest absolute Gasteiger partial charge is 0.211 e. The van der Waals surface area contributed by atoms with Crippen molar-refractivity contribution in [3.8, 4) is 5.75 Å². The van der Waals surface area contributed by atoms with E-state index < -0.39 is 0 Å². The van der Waals surface area contributed by atoms with Crippen LogP contribution in [0.4, 0.5) is 5.69 Å². The van der Waals surface area contributed by atoms with E-state index in [0.29, 0.717) is 12.1 Å². The van der Waals surface area contributed by atoms with Crippen LogP contribution in [0.1, 0.15) is 0 Å². The van der Waals surface area contributed by atoms with Crippen molar-refractivity contribution < 1.29 is 9.90 Å². The first kappa shape index (κ1) is 6.61. The molecule has 0 aliphatic rings.